The summed E-state index contributed by atoms with van der Waals surface area (Å²) in [6.07, 6.45) is 1.05. The first kappa shape index (κ1) is 18.7. The van der Waals surface area contributed by atoms with Gasteiger partial charge in [-0.3, -0.25) is 14.7 Å². The Morgan fingerprint density at radius 3 is 2.31 bits per heavy atom. The van der Waals surface area contributed by atoms with Gasteiger partial charge in [-0.1, -0.05) is 42.5 Å². The summed E-state index contributed by atoms with van der Waals surface area (Å²) in [5.74, 6) is -0.141. The SMILES string of the molecule is CC(=O)NCC1CN(c2ccc(-c3ccc(-c4ccccn4)cc3)cc2)C(=O)O1. The van der Waals surface area contributed by atoms with Crippen molar-refractivity contribution in [2.75, 3.05) is 18.0 Å². The first-order chi connectivity index (χ1) is 14.1. The molecule has 0 aliphatic carbocycles. The molecule has 146 valence electrons. The summed E-state index contributed by atoms with van der Waals surface area (Å²) in [5, 5.41) is 2.68. The molecule has 1 aromatic heterocycles. The summed E-state index contributed by atoms with van der Waals surface area (Å²) in [7, 11) is 0. The van der Waals surface area contributed by atoms with Gasteiger partial charge in [-0.05, 0) is 35.4 Å². The molecule has 1 saturated heterocycles. The minimum atomic E-state index is -0.396. The Kier molecular flexibility index (Phi) is 5.24. The van der Waals surface area contributed by atoms with Crippen LogP contribution in [0.1, 0.15) is 6.92 Å². The van der Waals surface area contributed by atoms with E-state index < -0.39 is 6.09 Å². The van der Waals surface area contributed by atoms with Crippen LogP contribution in [-0.4, -0.2) is 36.2 Å². The van der Waals surface area contributed by atoms with E-state index in [1.165, 1.54) is 6.92 Å². The first-order valence-electron chi connectivity index (χ1n) is 9.44. The molecule has 2 amide bonds. The lowest BCUT2D eigenvalue weighted by atomic mass is 10.0. The summed E-state index contributed by atoms with van der Waals surface area (Å²) in [6.45, 7) is 2.17. The van der Waals surface area contributed by atoms with Crippen molar-refractivity contribution in [3.05, 3.63) is 72.9 Å². The van der Waals surface area contributed by atoms with E-state index in [-0.39, 0.29) is 12.0 Å². The fourth-order valence-electron chi connectivity index (χ4n) is 3.30. The predicted octanol–water partition coefficient (Wildman–Crippen LogP) is 3.88. The summed E-state index contributed by atoms with van der Waals surface area (Å²) < 4.78 is 5.32. The second-order valence-corrected chi connectivity index (χ2v) is 6.89. The Bertz CT molecular complexity index is 1000. The van der Waals surface area contributed by atoms with Crippen molar-refractivity contribution in [2.24, 2.45) is 0 Å². The lowest BCUT2D eigenvalue weighted by molar-refractivity contribution is -0.119. The fourth-order valence-corrected chi connectivity index (χ4v) is 3.30. The molecule has 0 spiro atoms. The van der Waals surface area contributed by atoms with Crippen LogP contribution >= 0.6 is 0 Å². The first-order valence-corrected chi connectivity index (χ1v) is 9.44. The Morgan fingerprint density at radius 2 is 1.69 bits per heavy atom. The number of carbonyl (C=O) groups excluding carboxylic acids is 2. The molecule has 6 nitrogen and oxygen atoms in total. The number of aromatic nitrogens is 1. The Balaban J connectivity index is 1.45. The van der Waals surface area contributed by atoms with Gasteiger partial charge in [0.2, 0.25) is 5.91 Å². The predicted molar refractivity (Wildman–Crippen MR) is 111 cm³/mol. The highest BCUT2D eigenvalue weighted by Gasteiger charge is 2.32. The molecule has 3 aromatic rings. The van der Waals surface area contributed by atoms with Crippen LogP contribution in [0.5, 0.6) is 0 Å². The third-order valence-corrected chi connectivity index (χ3v) is 4.81. The summed E-state index contributed by atoms with van der Waals surface area (Å²) in [4.78, 5) is 29.1. The molecule has 1 aliphatic heterocycles. The lowest BCUT2D eigenvalue weighted by Crippen LogP contribution is -2.33. The fraction of sp³-hybridized carbons (Fsp3) is 0.174. The number of amides is 2. The number of cyclic esters (lactones) is 1. The number of hydrogen-bond donors (Lipinski definition) is 1. The molecule has 1 unspecified atom stereocenters. The molecule has 0 bridgehead atoms. The van der Waals surface area contributed by atoms with E-state index in [4.69, 9.17) is 4.74 Å². The van der Waals surface area contributed by atoms with Crippen LogP contribution in [0.4, 0.5) is 10.5 Å². The van der Waals surface area contributed by atoms with Crippen molar-refractivity contribution in [1.82, 2.24) is 10.3 Å². The Morgan fingerprint density at radius 1 is 1.03 bits per heavy atom. The largest absolute Gasteiger partial charge is 0.442 e. The number of carbonyl (C=O) groups is 2. The van der Waals surface area contributed by atoms with Crippen LogP contribution in [0.15, 0.2) is 72.9 Å². The third-order valence-electron chi connectivity index (χ3n) is 4.81. The van der Waals surface area contributed by atoms with E-state index in [2.05, 4.69) is 34.6 Å². The van der Waals surface area contributed by atoms with Gasteiger partial charge in [-0.2, -0.15) is 0 Å². The molecule has 2 aromatic carbocycles. The van der Waals surface area contributed by atoms with E-state index in [1.807, 2.05) is 42.5 Å². The number of hydrogen-bond acceptors (Lipinski definition) is 4. The molecule has 2 heterocycles. The summed E-state index contributed by atoms with van der Waals surface area (Å²) >= 11 is 0. The van der Waals surface area contributed by atoms with Crippen LogP contribution in [0, 0.1) is 0 Å². The Labute approximate surface area is 169 Å². The highest BCUT2D eigenvalue weighted by molar-refractivity contribution is 5.90. The van der Waals surface area contributed by atoms with Crippen molar-refractivity contribution in [1.29, 1.82) is 0 Å². The van der Waals surface area contributed by atoms with Crippen molar-refractivity contribution in [3.8, 4) is 22.4 Å². The number of nitrogens with zero attached hydrogens (tertiary/aromatic N) is 2. The van der Waals surface area contributed by atoms with E-state index >= 15 is 0 Å². The molecule has 4 rings (SSSR count). The third kappa shape index (κ3) is 4.27. The molecule has 1 N–H and O–H groups in total. The van der Waals surface area contributed by atoms with Crippen molar-refractivity contribution >= 4 is 17.7 Å². The number of pyridine rings is 1. The van der Waals surface area contributed by atoms with E-state index in [1.54, 1.807) is 11.1 Å². The highest BCUT2D eigenvalue weighted by Crippen LogP contribution is 2.27. The number of benzene rings is 2. The second kappa shape index (κ2) is 8.14. The maximum absolute atomic E-state index is 12.1. The van der Waals surface area contributed by atoms with Gasteiger partial charge in [0.1, 0.15) is 6.10 Å². The molecule has 0 radical (unpaired) electrons. The minimum Gasteiger partial charge on any atom is -0.442 e. The maximum Gasteiger partial charge on any atom is 0.414 e. The number of nitrogens with one attached hydrogen (secondary N) is 1. The number of ether oxygens (including phenoxy) is 1. The van der Waals surface area contributed by atoms with Crippen molar-refractivity contribution in [2.45, 2.75) is 13.0 Å². The molecule has 6 heteroatoms. The monoisotopic (exact) mass is 387 g/mol. The standard InChI is InChI=1S/C23H21N3O3/c1-16(27)25-14-21-15-26(23(28)29-21)20-11-9-18(10-12-20)17-5-7-19(8-6-17)22-4-2-3-13-24-22/h2-13,21H,14-15H2,1H3,(H,25,27). The molecular weight excluding hydrogens is 366 g/mol. The maximum atomic E-state index is 12.1. The summed E-state index contributed by atoms with van der Waals surface area (Å²) in [5.41, 5.74) is 4.92. The molecule has 0 saturated carbocycles. The van der Waals surface area contributed by atoms with E-state index in [0.29, 0.717) is 13.1 Å². The smallest absolute Gasteiger partial charge is 0.414 e. The molecule has 1 atom stereocenters. The van der Waals surface area contributed by atoms with E-state index in [0.717, 1.165) is 28.1 Å². The van der Waals surface area contributed by atoms with Crippen LogP contribution in [-0.2, 0) is 9.53 Å². The zero-order valence-corrected chi connectivity index (χ0v) is 16.0. The van der Waals surface area contributed by atoms with Gasteiger partial charge in [-0.25, -0.2) is 4.79 Å². The molecular formula is C23H21N3O3. The molecule has 29 heavy (non-hydrogen) atoms. The lowest BCUT2D eigenvalue weighted by Gasteiger charge is -2.14. The zero-order valence-electron chi connectivity index (χ0n) is 16.0. The topological polar surface area (TPSA) is 71.5 Å². The van der Waals surface area contributed by atoms with Gasteiger partial charge in [0.25, 0.3) is 0 Å². The van der Waals surface area contributed by atoms with Gasteiger partial charge < -0.3 is 10.1 Å². The highest BCUT2D eigenvalue weighted by atomic mass is 16.6. The van der Waals surface area contributed by atoms with Crippen LogP contribution in [0.3, 0.4) is 0 Å². The quantitative estimate of drug-likeness (QED) is 0.721. The van der Waals surface area contributed by atoms with E-state index in [9.17, 15) is 9.59 Å². The normalized spacial score (nSPS) is 15.8. The Hall–Kier alpha value is -3.67. The van der Waals surface area contributed by atoms with Gasteiger partial charge in [-0.15, -0.1) is 0 Å². The average molecular weight is 387 g/mol. The molecule has 1 aliphatic rings. The van der Waals surface area contributed by atoms with Crippen LogP contribution < -0.4 is 10.2 Å². The van der Waals surface area contributed by atoms with Crippen molar-refractivity contribution in [3.63, 3.8) is 0 Å². The summed E-state index contributed by atoms with van der Waals surface area (Å²) in [6, 6.07) is 21.9. The average Bonchev–Trinajstić information content (AvgIpc) is 3.14. The minimum absolute atomic E-state index is 0.141. The molecule has 1 fully saturated rings. The number of rotatable bonds is 5. The van der Waals surface area contributed by atoms with Gasteiger partial charge in [0.05, 0.1) is 18.8 Å². The van der Waals surface area contributed by atoms with Gasteiger partial charge in [0.15, 0.2) is 0 Å². The van der Waals surface area contributed by atoms with Gasteiger partial charge >= 0.3 is 6.09 Å². The second-order valence-electron chi connectivity index (χ2n) is 6.89. The van der Waals surface area contributed by atoms with Crippen LogP contribution in [0.25, 0.3) is 22.4 Å². The van der Waals surface area contributed by atoms with Crippen LogP contribution in [0.2, 0.25) is 0 Å². The zero-order chi connectivity index (χ0) is 20.2. The number of anilines is 1. The van der Waals surface area contributed by atoms with Crippen molar-refractivity contribution < 1.29 is 14.3 Å². The van der Waals surface area contributed by atoms with Gasteiger partial charge in [0, 0.05) is 24.4 Å².